The lowest BCUT2D eigenvalue weighted by Crippen LogP contribution is -2.50. The number of nitrogens with zero attached hydrogens (tertiary/aromatic N) is 2. The Morgan fingerprint density at radius 3 is 2.70 bits per heavy atom. The number of sulfonamides is 1. The van der Waals surface area contributed by atoms with Crippen LogP contribution < -0.4 is 5.32 Å². The molecule has 1 saturated heterocycles. The van der Waals surface area contributed by atoms with Gasteiger partial charge in [-0.2, -0.15) is 4.31 Å². The number of piperazine rings is 1. The molecule has 2 rings (SSSR count). The van der Waals surface area contributed by atoms with Crippen LogP contribution in [0.3, 0.4) is 0 Å². The fourth-order valence-corrected chi connectivity index (χ4v) is 3.75. The monoisotopic (exact) mass is 343 g/mol. The maximum Gasteiger partial charge on any atom is 0.346 e. The van der Waals surface area contributed by atoms with Crippen molar-refractivity contribution >= 4 is 27.6 Å². The number of ether oxygens (including phenoxy) is 1. The van der Waals surface area contributed by atoms with Crippen molar-refractivity contribution < 1.29 is 27.7 Å². The summed E-state index contributed by atoms with van der Waals surface area (Å²) in [5, 5.41) is 13.5. The molecule has 1 aliphatic rings. The second-order valence-corrected chi connectivity index (χ2v) is 6.49. The zero-order valence-electron chi connectivity index (χ0n) is 12.0. The number of rotatable bonds is 4. The molecule has 1 N–H and O–H groups in total. The summed E-state index contributed by atoms with van der Waals surface area (Å²) in [5.74, 6) is -1.64. The summed E-state index contributed by atoms with van der Waals surface area (Å²) >= 11 is 0. The summed E-state index contributed by atoms with van der Waals surface area (Å²) in [7, 11) is -3.28. The van der Waals surface area contributed by atoms with Gasteiger partial charge in [0.25, 0.3) is 5.69 Å². The number of nitrogens with one attached hydrogen (secondary N) is 1. The van der Waals surface area contributed by atoms with Crippen LogP contribution in [0.25, 0.3) is 0 Å². The normalized spacial score (nSPS) is 15.8. The number of methoxy groups -OCH3 is 1. The Bertz CT molecular complexity index is 775. The molecule has 0 spiro atoms. The first-order chi connectivity index (χ1) is 10.8. The van der Waals surface area contributed by atoms with Crippen LogP contribution in [-0.2, 0) is 19.6 Å². The van der Waals surface area contributed by atoms with E-state index in [4.69, 9.17) is 0 Å². The Labute approximate surface area is 131 Å². The van der Waals surface area contributed by atoms with Gasteiger partial charge in [-0.05, 0) is 6.07 Å². The Balaban J connectivity index is 2.62. The summed E-state index contributed by atoms with van der Waals surface area (Å²) in [6, 6.07) is 3.23. The topological polar surface area (TPSA) is 136 Å². The lowest BCUT2D eigenvalue weighted by molar-refractivity contribution is -0.385. The molecule has 124 valence electrons. The Kier molecular flexibility index (Phi) is 4.61. The number of esters is 1. The van der Waals surface area contributed by atoms with Crippen LogP contribution in [0, 0.1) is 10.1 Å². The predicted molar refractivity (Wildman–Crippen MR) is 76.2 cm³/mol. The Morgan fingerprint density at radius 2 is 2.13 bits per heavy atom. The van der Waals surface area contributed by atoms with Crippen LogP contribution in [0.4, 0.5) is 5.69 Å². The highest BCUT2D eigenvalue weighted by Crippen LogP contribution is 2.29. The van der Waals surface area contributed by atoms with Gasteiger partial charge in [-0.25, -0.2) is 13.2 Å². The molecule has 1 fully saturated rings. The lowest BCUT2D eigenvalue weighted by atomic mass is 10.2. The zero-order valence-corrected chi connectivity index (χ0v) is 12.8. The van der Waals surface area contributed by atoms with E-state index in [0.29, 0.717) is 0 Å². The molecule has 0 unspecified atom stereocenters. The molecule has 0 saturated carbocycles. The van der Waals surface area contributed by atoms with E-state index in [1.54, 1.807) is 0 Å². The number of nitro benzene ring substituents is 1. The highest BCUT2D eigenvalue weighted by Gasteiger charge is 2.36. The number of amides is 1. The van der Waals surface area contributed by atoms with Crippen LogP contribution >= 0.6 is 0 Å². The minimum Gasteiger partial charge on any atom is -0.465 e. The van der Waals surface area contributed by atoms with Gasteiger partial charge in [-0.1, -0.05) is 6.07 Å². The van der Waals surface area contributed by atoms with E-state index in [9.17, 15) is 28.1 Å². The molecule has 0 atom stereocenters. The van der Waals surface area contributed by atoms with Crippen molar-refractivity contribution in [3.8, 4) is 0 Å². The van der Waals surface area contributed by atoms with Crippen LogP contribution in [0.15, 0.2) is 23.1 Å². The maximum atomic E-state index is 12.7. The molecule has 1 heterocycles. The van der Waals surface area contributed by atoms with Gasteiger partial charge in [0.05, 0.1) is 18.6 Å². The predicted octanol–water partition coefficient (Wildman–Crippen LogP) is -0.498. The van der Waals surface area contributed by atoms with Crippen LogP contribution in [0.5, 0.6) is 0 Å². The molecular weight excluding hydrogens is 330 g/mol. The van der Waals surface area contributed by atoms with Gasteiger partial charge in [0.1, 0.15) is 4.90 Å². The third-order valence-electron chi connectivity index (χ3n) is 3.21. The quantitative estimate of drug-likeness (QED) is 0.442. The molecule has 11 heteroatoms. The molecule has 0 aliphatic carbocycles. The highest BCUT2D eigenvalue weighted by molar-refractivity contribution is 7.89. The summed E-state index contributed by atoms with van der Waals surface area (Å²) in [6.07, 6.45) is 0. The largest absolute Gasteiger partial charge is 0.465 e. The van der Waals surface area contributed by atoms with E-state index in [1.807, 2.05) is 0 Å². The smallest absolute Gasteiger partial charge is 0.346 e. The molecule has 23 heavy (non-hydrogen) atoms. The van der Waals surface area contributed by atoms with Gasteiger partial charge in [0.2, 0.25) is 15.9 Å². The number of carbonyl (C=O) groups excluding carboxylic acids is 2. The lowest BCUT2D eigenvalue weighted by Gasteiger charge is -2.26. The molecule has 1 aromatic rings. The molecule has 10 nitrogen and oxygen atoms in total. The average molecular weight is 343 g/mol. The first-order valence-corrected chi connectivity index (χ1v) is 7.85. The van der Waals surface area contributed by atoms with Crippen molar-refractivity contribution in [2.45, 2.75) is 4.90 Å². The number of hydrogen-bond acceptors (Lipinski definition) is 7. The zero-order chi connectivity index (χ0) is 17.2. The third-order valence-corrected chi connectivity index (χ3v) is 5.10. The third kappa shape index (κ3) is 3.14. The van der Waals surface area contributed by atoms with E-state index in [2.05, 4.69) is 10.1 Å². The van der Waals surface area contributed by atoms with Crippen LogP contribution in [0.2, 0.25) is 0 Å². The van der Waals surface area contributed by atoms with Gasteiger partial charge in [-0.15, -0.1) is 0 Å². The van der Waals surface area contributed by atoms with Crippen molar-refractivity contribution in [3.05, 3.63) is 33.9 Å². The summed E-state index contributed by atoms with van der Waals surface area (Å²) in [5.41, 5.74) is -1.34. The number of nitro groups is 1. The van der Waals surface area contributed by atoms with Gasteiger partial charge < -0.3 is 10.1 Å². The van der Waals surface area contributed by atoms with E-state index in [0.717, 1.165) is 29.6 Å². The van der Waals surface area contributed by atoms with E-state index in [-0.39, 0.29) is 13.1 Å². The Morgan fingerprint density at radius 1 is 1.43 bits per heavy atom. The summed E-state index contributed by atoms with van der Waals surface area (Å²) < 4.78 is 30.7. The Hall–Kier alpha value is -2.53. The van der Waals surface area contributed by atoms with Gasteiger partial charge in [0.15, 0.2) is 5.56 Å². The van der Waals surface area contributed by atoms with Crippen molar-refractivity contribution in [1.29, 1.82) is 0 Å². The molecule has 1 aliphatic heterocycles. The fourth-order valence-electron chi connectivity index (χ4n) is 2.15. The fraction of sp³-hybridized carbons (Fsp3) is 0.333. The van der Waals surface area contributed by atoms with E-state index >= 15 is 0 Å². The minimum absolute atomic E-state index is 0.00260. The van der Waals surface area contributed by atoms with Gasteiger partial charge in [0, 0.05) is 19.2 Å². The second-order valence-electron chi connectivity index (χ2n) is 4.59. The molecule has 0 radical (unpaired) electrons. The van der Waals surface area contributed by atoms with Crippen LogP contribution in [0.1, 0.15) is 10.4 Å². The van der Waals surface area contributed by atoms with Gasteiger partial charge >= 0.3 is 5.97 Å². The van der Waals surface area contributed by atoms with Crippen molar-refractivity contribution in [2.24, 2.45) is 0 Å². The van der Waals surface area contributed by atoms with Crippen LogP contribution in [-0.4, -0.2) is 56.3 Å². The molecule has 1 amide bonds. The van der Waals surface area contributed by atoms with Crippen molar-refractivity contribution in [3.63, 3.8) is 0 Å². The molecule has 0 aromatic heterocycles. The molecule has 1 aromatic carbocycles. The van der Waals surface area contributed by atoms with E-state index < -0.39 is 49.5 Å². The van der Waals surface area contributed by atoms with Gasteiger partial charge in [-0.3, -0.25) is 14.9 Å². The van der Waals surface area contributed by atoms with E-state index in [1.165, 1.54) is 0 Å². The minimum atomic E-state index is -4.27. The first kappa shape index (κ1) is 16.8. The number of hydrogen-bond donors (Lipinski definition) is 1. The maximum absolute atomic E-state index is 12.7. The number of benzene rings is 1. The van der Waals surface area contributed by atoms with Crippen molar-refractivity contribution in [2.75, 3.05) is 26.7 Å². The number of carbonyl (C=O) groups is 2. The van der Waals surface area contributed by atoms with Crippen molar-refractivity contribution in [1.82, 2.24) is 9.62 Å². The summed E-state index contributed by atoms with van der Waals surface area (Å²) in [6.45, 7) is -0.316. The summed E-state index contributed by atoms with van der Waals surface area (Å²) in [4.78, 5) is 32.9. The molecular formula is C12H13N3O7S. The standard InChI is InChI=1S/C12H13N3O7S/c1-22-12(17)11-8(15(18)19)3-2-4-9(11)23(20,21)14-6-5-13-10(16)7-14/h2-4H,5-7H2,1H3,(H,13,16). The second kappa shape index (κ2) is 6.30. The highest BCUT2D eigenvalue weighted by atomic mass is 32.2. The average Bonchev–Trinajstić information content (AvgIpc) is 2.53. The first-order valence-electron chi connectivity index (χ1n) is 6.41. The SMILES string of the molecule is COC(=O)c1c([N+](=O)[O-])cccc1S(=O)(=O)N1CCNC(=O)C1. The molecule has 0 bridgehead atoms.